The normalized spacial score (nSPS) is 12.4. The average molecular weight is 261 g/mol. The first-order valence-corrected chi connectivity index (χ1v) is 4.68. The van der Waals surface area contributed by atoms with E-state index in [9.17, 15) is 9.90 Å². The molecule has 1 atom stereocenters. The van der Waals surface area contributed by atoms with Crippen LogP contribution in [0, 0.1) is 0 Å². The lowest BCUT2D eigenvalue weighted by Gasteiger charge is -2.08. The third-order valence-corrected chi connectivity index (χ3v) is 2.36. The van der Waals surface area contributed by atoms with Crippen molar-refractivity contribution in [1.82, 2.24) is 0 Å². The van der Waals surface area contributed by atoms with E-state index in [0.717, 1.165) is 0 Å². The van der Waals surface area contributed by atoms with Crippen LogP contribution in [0.4, 0.5) is 0 Å². The Labute approximate surface area is 88.9 Å². The lowest BCUT2D eigenvalue weighted by atomic mass is 10.1. The molecule has 1 rings (SSSR count). The van der Waals surface area contributed by atoms with Gasteiger partial charge in [-0.3, -0.25) is 4.79 Å². The van der Waals surface area contributed by atoms with Gasteiger partial charge in [0, 0.05) is 0 Å². The van der Waals surface area contributed by atoms with Crippen molar-refractivity contribution in [2.45, 2.75) is 12.5 Å². The molecule has 0 aliphatic heterocycles. The van der Waals surface area contributed by atoms with E-state index in [1.807, 2.05) is 0 Å². The maximum Gasteiger partial charge on any atom is 0.306 e. The Balaban J connectivity index is 2.85. The van der Waals surface area contributed by atoms with Crippen LogP contribution in [0.15, 0.2) is 22.7 Å². The molecule has 0 saturated carbocycles. The van der Waals surface area contributed by atoms with Crippen molar-refractivity contribution in [2.75, 3.05) is 0 Å². The third kappa shape index (κ3) is 2.71. The van der Waals surface area contributed by atoms with Crippen molar-refractivity contribution in [2.24, 2.45) is 0 Å². The zero-order valence-electron chi connectivity index (χ0n) is 7.14. The number of aliphatic hydroxyl groups is 1. The Morgan fingerprint density at radius 2 is 2.14 bits per heavy atom. The van der Waals surface area contributed by atoms with Crippen LogP contribution in [0.1, 0.15) is 18.1 Å². The number of aromatic hydroxyl groups is 1. The summed E-state index contributed by atoms with van der Waals surface area (Å²) in [6.45, 7) is 0. The van der Waals surface area contributed by atoms with Crippen LogP contribution in [0.3, 0.4) is 0 Å². The van der Waals surface area contributed by atoms with Crippen molar-refractivity contribution in [3.05, 3.63) is 28.2 Å². The standard InChI is InChI=1S/C9H9BrO4/c10-6-3-5(1-2-7(6)11)8(12)4-9(13)14/h1-3,8,11-12H,4H2,(H,13,14)/t8-/m0/s1. The average Bonchev–Trinajstić information content (AvgIpc) is 2.08. The van der Waals surface area contributed by atoms with E-state index < -0.39 is 12.1 Å². The van der Waals surface area contributed by atoms with Crippen LogP contribution >= 0.6 is 15.9 Å². The smallest absolute Gasteiger partial charge is 0.306 e. The molecule has 14 heavy (non-hydrogen) atoms. The number of aliphatic hydroxyl groups excluding tert-OH is 1. The van der Waals surface area contributed by atoms with Crippen LogP contribution in [0.2, 0.25) is 0 Å². The van der Waals surface area contributed by atoms with Crippen molar-refractivity contribution in [1.29, 1.82) is 0 Å². The highest BCUT2D eigenvalue weighted by Gasteiger charge is 2.12. The molecule has 5 heteroatoms. The minimum Gasteiger partial charge on any atom is -0.507 e. The van der Waals surface area contributed by atoms with E-state index in [2.05, 4.69) is 15.9 Å². The summed E-state index contributed by atoms with van der Waals surface area (Å²) in [5.41, 5.74) is 0.456. The summed E-state index contributed by atoms with van der Waals surface area (Å²) in [6.07, 6.45) is -1.40. The topological polar surface area (TPSA) is 77.8 Å². The van der Waals surface area contributed by atoms with Gasteiger partial charge in [-0.25, -0.2) is 0 Å². The molecule has 0 saturated heterocycles. The number of hydrogen-bond acceptors (Lipinski definition) is 3. The maximum absolute atomic E-state index is 10.3. The number of rotatable bonds is 3. The molecule has 1 aromatic carbocycles. The summed E-state index contributed by atoms with van der Waals surface area (Å²) in [4.78, 5) is 10.3. The highest BCUT2D eigenvalue weighted by atomic mass is 79.9. The molecule has 0 radical (unpaired) electrons. The maximum atomic E-state index is 10.3. The van der Waals surface area contributed by atoms with E-state index in [1.54, 1.807) is 0 Å². The summed E-state index contributed by atoms with van der Waals surface area (Å²) >= 11 is 3.07. The van der Waals surface area contributed by atoms with Gasteiger partial charge in [0.2, 0.25) is 0 Å². The second-order valence-corrected chi connectivity index (χ2v) is 3.68. The second-order valence-electron chi connectivity index (χ2n) is 2.82. The Morgan fingerprint density at radius 3 is 2.64 bits per heavy atom. The van der Waals surface area contributed by atoms with E-state index >= 15 is 0 Å². The van der Waals surface area contributed by atoms with Crippen molar-refractivity contribution >= 4 is 21.9 Å². The molecule has 0 amide bonds. The molecule has 0 aliphatic carbocycles. The molecule has 76 valence electrons. The molecule has 0 aromatic heterocycles. The molecular weight excluding hydrogens is 252 g/mol. The number of halogens is 1. The van der Waals surface area contributed by atoms with Crippen molar-refractivity contribution < 1.29 is 20.1 Å². The predicted octanol–water partition coefficient (Wildman–Crippen LogP) is 1.66. The number of phenols is 1. The first-order chi connectivity index (χ1) is 6.50. The molecule has 0 unspecified atom stereocenters. The van der Waals surface area contributed by atoms with Gasteiger partial charge >= 0.3 is 5.97 Å². The largest absolute Gasteiger partial charge is 0.507 e. The summed E-state index contributed by atoms with van der Waals surface area (Å²) in [5.74, 6) is -1.02. The van der Waals surface area contributed by atoms with Crippen LogP contribution in [-0.4, -0.2) is 21.3 Å². The van der Waals surface area contributed by atoms with E-state index in [4.69, 9.17) is 10.2 Å². The molecule has 0 fully saturated rings. The highest BCUT2D eigenvalue weighted by Crippen LogP contribution is 2.27. The lowest BCUT2D eigenvalue weighted by molar-refractivity contribution is -0.139. The summed E-state index contributed by atoms with van der Waals surface area (Å²) < 4.78 is 0.430. The first-order valence-electron chi connectivity index (χ1n) is 3.89. The Bertz CT molecular complexity index is 351. The fourth-order valence-electron chi connectivity index (χ4n) is 1.01. The van der Waals surface area contributed by atoms with Gasteiger partial charge in [0.15, 0.2) is 0 Å². The van der Waals surface area contributed by atoms with E-state index in [1.165, 1.54) is 18.2 Å². The Morgan fingerprint density at radius 1 is 1.50 bits per heavy atom. The van der Waals surface area contributed by atoms with Gasteiger partial charge in [0.05, 0.1) is 17.0 Å². The lowest BCUT2D eigenvalue weighted by Crippen LogP contribution is -2.05. The number of carboxylic acid groups (broad SMARTS) is 1. The molecule has 4 nitrogen and oxygen atoms in total. The molecule has 0 heterocycles. The third-order valence-electron chi connectivity index (χ3n) is 1.72. The van der Waals surface area contributed by atoms with Gasteiger partial charge in [-0.2, -0.15) is 0 Å². The second kappa shape index (κ2) is 4.43. The minimum absolute atomic E-state index is 0.0521. The highest BCUT2D eigenvalue weighted by molar-refractivity contribution is 9.10. The SMILES string of the molecule is O=C(O)C[C@H](O)c1ccc(O)c(Br)c1. The van der Waals surface area contributed by atoms with Gasteiger partial charge in [-0.1, -0.05) is 6.07 Å². The number of phenolic OH excluding ortho intramolecular Hbond substituents is 1. The predicted molar refractivity (Wildman–Crippen MR) is 53.0 cm³/mol. The zero-order chi connectivity index (χ0) is 10.7. The summed E-state index contributed by atoms with van der Waals surface area (Å²) in [6, 6.07) is 4.36. The summed E-state index contributed by atoms with van der Waals surface area (Å²) in [5, 5.41) is 27.0. The van der Waals surface area contributed by atoms with Crippen LogP contribution in [0.25, 0.3) is 0 Å². The quantitative estimate of drug-likeness (QED) is 0.773. The Kier molecular flexibility index (Phi) is 3.49. The van der Waals surface area contributed by atoms with Crippen LogP contribution in [-0.2, 0) is 4.79 Å². The number of aliphatic carboxylic acids is 1. The van der Waals surface area contributed by atoms with Crippen LogP contribution in [0.5, 0.6) is 5.75 Å². The van der Waals surface area contributed by atoms with Gasteiger partial charge in [-0.05, 0) is 33.6 Å². The molecular formula is C9H9BrO4. The number of hydrogen-bond donors (Lipinski definition) is 3. The molecule has 3 N–H and O–H groups in total. The van der Waals surface area contributed by atoms with Gasteiger partial charge in [-0.15, -0.1) is 0 Å². The zero-order valence-corrected chi connectivity index (χ0v) is 8.73. The van der Waals surface area contributed by atoms with Crippen LogP contribution < -0.4 is 0 Å². The molecule has 0 aliphatic rings. The number of carboxylic acids is 1. The van der Waals surface area contributed by atoms with E-state index in [-0.39, 0.29) is 12.2 Å². The molecule has 1 aromatic rings. The first kappa shape index (κ1) is 11.0. The number of carbonyl (C=O) groups is 1. The minimum atomic E-state index is -1.07. The number of benzene rings is 1. The molecule has 0 bridgehead atoms. The fourth-order valence-corrected chi connectivity index (χ4v) is 1.41. The Hall–Kier alpha value is -1.07. The monoisotopic (exact) mass is 260 g/mol. The van der Waals surface area contributed by atoms with E-state index in [0.29, 0.717) is 10.0 Å². The fraction of sp³-hybridized carbons (Fsp3) is 0.222. The molecule has 0 spiro atoms. The van der Waals surface area contributed by atoms with Gasteiger partial charge < -0.3 is 15.3 Å². The van der Waals surface area contributed by atoms with Gasteiger partial charge in [0.1, 0.15) is 5.75 Å². The van der Waals surface area contributed by atoms with Gasteiger partial charge in [0.25, 0.3) is 0 Å². The summed E-state index contributed by atoms with van der Waals surface area (Å²) in [7, 11) is 0. The van der Waals surface area contributed by atoms with Crippen molar-refractivity contribution in [3.63, 3.8) is 0 Å². The van der Waals surface area contributed by atoms with Crippen molar-refractivity contribution in [3.8, 4) is 5.75 Å².